The molecule has 4 rings (SSSR count). The lowest BCUT2D eigenvalue weighted by atomic mass is 10.1. The Kier molecular flexibility index (Phi) is 8.40. The van der Waals surface area contributed by atoms with E-state index in [2.05, 4.69) is 5.32 Å². The maximum absolute atomic E-state index is 14.2. The second-order valence-corrected chi connectivity index (χ2v) is 11.0. The van der Waals surface area contributed by atoms with Gasteiger partial charge in [-0.2, -0.15) is 0 Å². The lowest BCUT2D eigenvalue weighted by molar-refractivity contribution is -0.119. The number of carbonyl (C=O) groups excluding carboxylic acids is 2. The van der Waals surface area contributed by atoms with Gasteiger partial charge in [0.05, 0.1) is 11.2 Å². The van der Waals surface area contributed by atoms with Gasteiger partial charge in [0, 0.05) is 29.8 Å². The Balaban J connectivity index is 1.75. The van der Waals surface area contributed by atoms with Crippen LogP contribution in [-0.4, -0.2) is 28.2 Å². The van der Waals surface area contributed by atoms with E-state index in [0.717, 1.165) is 22.9 Å². The highest BCUT2D eigenvalue weighted by atomic mass is 32.2. The first kappa shape index (κ1) is 27.9. The van der Waals surface area contributed by atoms with Gasteiger partial charge in [-0.25, -0.2) is 13.5 Å². The molecular formula is C30H30FN3O4S. The predicted octanol–water partition coefficient (Wildman–Crippen LogP) is 5.85. The SMILES string of the molecule is Cn1c(=O)cc(SN(C(=O)C(Cc2ccc(F)cc2)NC(=O)OC(C)(C)C)c2ccccc2)c2ccccc21. The van der Waals surface area contributed by atoms with Gasteiger partial charge < -0.3 is 14.6 Å². The molecule has 0 bridgehead atoms. The van der Waals surface area contributed by atoms with Crippen LogP contribution in [0.2, 0.25) is 0 Å². The Labute approximate surface area is 230 Å². The summed E-state index contributed by atoms with van der Waals surface area (Å²) in [5.41, 5.74) is 0.953. The van der Waals surface area contributed by atoms with Gasteiger partial charge in [0.15, 0.2) is 0 Å². The van der Waals surface area contributed by atoms with Crippen LogP contribution in [0, 0.1) is 5.82 Å². The summed E-state index contributed by atoms with van der Waals surface area (Å²) in [5, 5.41) is 3.50. The normalized spacial score (nSPS) is 12.1. The number of aromatic nitrogens is 1. The lowest BCUT2D eigenvalue weighted by Crippen LogP contribution is -2.49. The van der Waals surface area contributed by atoms with Crippen molar-refractivity contribution in [2.45, 2.75) is 43.7 Å². The highest BCUT2D eigenvalue weighted by Crippen LogP contribution is 2.33. The molecule has 0 radical (unpaired) electrons. The fourth-order valence-electron chi connectivity index (χ4n) is 3.99. The number of halogens is 1. The standard InChI is InChI=1S/C30H30FN3O4S/c1-30(2,3)38-29(37)32-24(18-20-14-16-21(31)17-15-20)28(36)34(22-10-6-5-7-11-22)39-26-19-27(35)33(4)25-13-9-8-12-23(25)26/h5-17,19,24H,18H2,1-4H3,(H,32,37). The summed E-state index contributed by atoms with van der Waals surface area (Å²) < 4.78 is 22.0. The number of ether oxygens (including phenoxy) is 1. The molecule has 0 saturated heterocycles. The molecule has 1 N–H and O–H groups in total. The van der Waals surface area contributed by atoms with E-state index in [9.17, 15) is 18.8 Å². The quantitative estimate of drug-likeness (QED) is 0.294. The van der Waals surface area contributed by atoms with E-state index >= 15 is 0 Å². The highest BCUT2D eigenvalue weighted by molar-refractivity contribution is 8.01. The lowest BCUT2D eigenvalue weighted by Gasteiger charge is -2.28. The number of alkyl carbamates (subject to hydrolysis) is 1. The number of para-hydroxylation sites is 2. The first-order chi connectivity index (χ1) is 18.5. The molecule has 2 amide bonds. The number of nitrogens with zero attached hydrogens (tertiary/aromatic N) is 2. The summed E-state index contributed by atoms with van der Waals surface area (Å²) in [6, 6.07) is 22.6. The molecule has 0 saturated carbocycles. The molecule has 7 nitrogen and oxygen atoms in total. The van der Waals surface area contributed by atoms with Gasteiger partial charge in [0.2, 0.25) is 0 Å². The first-order valence-corrected chi connectivity index (χ1v) is 13.2. The van der Waals surface area contributed by atoms with Crippen LogP contribution in [0.15, 0.2) is 94.6 Å². The molecule has 1 heterocycles. The van der Waals surface area contributed by atoms with Crippen molar-refractivity contribution in [1.82, 2.24) is 9.88 Å². The zero-order valence-corrected chi connectivity index (χ0v) is 23.0. The molecule has 202 valence electrons. The Bertz CT molecular complexity index is 1530. The predicted molar refractivity (Wildman–Crippen MR) is 152 cm³/mol. The van der Waals surface area contributed by atoms with Crippen molar-refractivity contribution >= 4 is 40.5 Å². The van der Waals surface area contributed by atoms with Crippen molar-refractivity contribution in [3.05, 3.63) is 107 Å². The fraction of sp³-hybridized carbons (Fsp3) is 0.233. The van der Waals surface area contributed by atoms with Gasteiger partial charge in [0.1, 0.15) is 17.5 Å². The average Bonchev–Trinajstić information content (AvgIpc) is 2.90. The molecule has 0 fully saturated rings. The van der Waals surface area contributed by atoms with Crippen LogP contribution in [0.1, 0.15) is 26.3 Å². The topological polar surface area (TPSA) is 80.6 Å². The zero-order chi connectivity index (χ0) is 28.2. The molecule has 0 aliphatic rings. The van der Waals surface area contributed by atoms with Crippen LogP contribution in [0.3, 0.4) is 0 Å². The second kappa shape index (κ2) is 11.7. The largest absolute Gasteiger partial charge is 0.444 e. The molecule has 3 aromatic carbocycles. The van der Waals surface area contributed by atoms with Crippen LogP contribution < -0.4 is 15.2 Å². The number of aryl methyl sites for hydroxylation is 1. The third-order valence-corrected chi connectivity index (χ3v) is 6.95. The molecule has 0 spiro atoms. The number of pyridine rings is 1. The number of carbonyl (C=O) groups is 2. The van der Waals surface area contributed by atoms with Gasteiger partial charge in [-0.1, -0.05) is 48.5 Å². The van der Waals surface area contributed by atoms with Gasteiger partial charge in [0.25, 0.3) is 11.5 Å². The van der Waals surface area contributed by atoms with Gasteiger partial charge >= 0.3 is 6.09 Å². The average molecular weight is 548 g/mol. The third-order valence-electron chi connectivity index (χ3n) is 5.84. The Morgan fingerprint density at radius 2 is 1.64 bits per heavy atom. The minimum Gasteiger partial charge on any atom is -0.444 e. The smallest absolute Gasteiger partial charge is 0.408 e. The van der Waals surface area contributed by atoms with Crippen molar-refractivity contribution in [3.63, 3.8) is 0 Å². The highest BCUT2D eigenvalue weighted by Gasteiger charge is 2.31. The van der Waals surface area contributed by atoms with Crippen LogP contribution in [-0.2, 0) is 23.0 Å². The molecule has 1 aromatic heterocycles. The summed E-state index contributed by atoms with van der Waals surface area (Å²) in [4.78, 5) is 40.3. The Morgan fingerprint density at radius 1 is 1.00 bits per heavy atom. The third kappa shape index (κ3) is 7.06. The van der Waals surface area contributed by atoms with Crippen molar-refractivity contribution < 1.29 is 18.7 Å². The summed E-state index contributed by atoms with van der Waals surface area (Å²) >= 11 is 1.10. The van der Waals surface area contributed by atoms with Gasteiger partial charge in [-0.3, -0.25) is 9.59 Å². The number of hydrogen-bond donors (Lipinski definition) is 1. The van der Waals surface area contributed by atoms with E-state index in [4.69, 9.17) is 4.74 Å². The van der Waals surface area contributed by atoms with E-state index in [1.807, 2.05) is 30.3 Å². The molecule has 1 unspecified atom stereocenters. The molecule has 0 aliphatic heterocycles. The monoisotopic (exact) mass is 547 g/mol. The maximum atomic E-state index is 14.2. The van der Waals surface area contributed by atoms with Crippen LogP contribution >= 0.6 is 11.9 Å². The number of benzene rings is 3. The van der Waals surface area contributed by atoms with Crippen LogP contribution in [0.5, 0.6) is 0 Å². The number of nitrogens with one attached hydrogen (secondary N) is 1. The summed E-state index contributed by atoms with van der Waals surface area (Å²) in [5.74, 6) is -0.841. The number of anilines is 1. The van der Waals surface area contributed by atoms with E-state index < -0.39 is 29.5 Å². The number of amides is 2. The number of fused-ring (bicyclic) bond motifs is 1. The molecule has 9 heteroatoms. The first-order valence-electron chi connectivity index (χ1n) is 12.4. The molecule has 0 aliphatic carbocycles. The fourth-order valence-corrected chi connectivity index (χ4v) is 5.06. The summed E-state index contributed by atoms with van der Waals surface area (Å²) in [6.45, 7) is 5.20. The molecule has 39 heavy (non-hydrogen) atoms. The minimum absolute atomic E-state index is 0.0968. The molecule has 1 atom stereocenters. The van der Waals surface area contributed by atoms with Crippen molar-refractivity contribution in [2.75, 3.05) is 4.31 Å². The van der Waals surface area contributed by atoms with Crippen LogP contribution in [0.4, 0.5) is 14.9 Å². The van der Waals surface area contributed by atoms with Crippen molar-refractivity contribution in [3.8, 4) is 0 Å². The van der Waals surface area contributed by atoms with Crippen molar-refractivity contribution in [2.24, 2.45) is 7.05 Å². The summed E-state index contributed by atoms with van der Waals surface area (Å²) in [6.07, 6.45) is -0.653. The van der Waals surface area contributed by atoms with Crippen molar-refractivity contribution in [1.29, 1.82) is 0 Å². The second-order valence-electron chi connectivity index (χ2n) is 10.0. The van der Waals surface area contributed by atoms with E-state index in [1.54, 1.807) is 68.8 Å². The van der Waals surface area contributed by atoms with E-state index in [1.165, 1.54) is 22.5 Å². The van der Waals surface area contributed by atoms with Gasteiger partial charge in [-0.05, 0) is 68.6 Å². The molecular weight excluding hydrogens is 517 g/mol. The van der Waals surface area contributed by atoms with Gasteiger partial charge in [-0.15, -0.1) is 0 Å². The van der Waals surface area contributed by atoms with E-state index in [-0.39, 0.29) is 12.0 Å². The van der Waals surface area contributed by atoms with E-state index in [0.29, 0.717) is 16.1 Å². The number of rotatable bonds is 7. The minimum atomic E-state index is -1.05. The summed E-state index contributed by atoms with van der Waals surface area (Å²) in [7, 11) is 1.70. The molecule has 4 aromatic rings. The zero-order valence-electron chi connectivity index (χ0n) is 22.2. The number of hydrogen-bond acceptors (Lipinski definition) is 5. The Hall–Kier alpha value is -4.11. The van der Waals surface area contributed by atoms with Crippen LogP contribution in [0.25, 0.3) is 10.9 Å². The Morgan fingerprint density at radius 3 is 2.31 bits per heavy atom. The maximum Gasteiger partial charge on any atom is 0.408 e.